The van der Waals surface area contributed by atoms with Crippen molar-refractivity contribution in [2.24, 2.45) is 5.73 Å². The molecule has 0 spiro atoms. The van der Waals surface area contributed by atoms with Gasteiger partial charge in [-0.05, 0) is 30.7 Å². The van der Waals surface area contributed by atoms with Gasteiger partial charge in [0, 0.05) is 0 Å². The number of hydrogen-bond donors (Lipinski definition) is 3. The minimum Gasteiger partial charge on any atom is -0.491 e. The number of rotatable bonds is 3. The molecule has 9 heteroatoms. The number of ketones is 2. The molecule has 3 rings (SSSR count). The number of ether oxygens (including phenoxy) is 1. The number of allylic oxidation sites excluding steroid dienone is 2. The van der Waals surface area contributed by atoms with E-state index in [2.05, 4.69) is 9.97 Å². The van der Waals surface area contributed by atoms with Crippen molar-refractivity contribution >= 4 is 23.2 Å². The number of nitrogens with zero attached hydrogens (tertiary/aromatic N) is 2. The van der Waals surface area contributed by atoms with Gasteiger partial charge in [-0.15, -0.1) is 0 Å². The predicted molar refractivity (Wildman–Crippen MR) is 90.5 cm³/mol. The molecule has 0 aliphatic heterocycles. The lowest BCUT2D eigenvalue weighted by Crippen LogP contribution is -2.28. The molecule has 0 bridgehead atoms. The minimum absolute atomic E-state index is 0.0289. The Morgan fingerprint density at radius 3 is 2.42 bits per heavy atom. The Kier molecular flexibility index (Phi) is 3.91. The molecule has 2 aromatic rings. The zero-order chi connectivity index (χ0) is 19.2. The van der Waals surface area contributed by atoms with Crippen molar-refractivity contribution in [3.63, 3.8) is 0 Å². The lowest BCUT2D eigenvalue weighted by molar-refractivity contribution is 0.0689. The first kappa shape index (κ1) is 17.1. The first-order valence-electron chi connectivity index (χ1n) is 7.41. The normalized spacial score (nSPS) is 13.6. The quantitative estimate of drug-likeness (QED) is 0.728. The van der Waals surface area contributed by atoms with Crippen LogP contribution in [0.4, 0.5) is 5.69 Å². The summed E-state index contributed by atoms with van der Waals surface area (Å²) in [5, 5.41) is 9.23. The molecule has 0 aromatic carbocycles. The molecule has 0 amide bonds. The van der Waals surface area contributed by atoms with Crippen molar-refractivity contribution < 1.29 is 24.2 Å². The standard InChI is InChI=1S/C17H14N4O5/c1-6-5-8(18)13(21-11(6)17(24)25)9-4-3-7-12(20-9)15(23)16(26-2)10(19)14(7)22/h3-5H,18-19H2,1-2H3,(H,24,25). The molecule has 2 heterocycles. The van der Waals surface area contributed by atoms with Crippen LogP contribution in [0.15, 0.2) is 29.7 Å². The zero-order valence-corrected chi connectivity index (χ0v) is 13.9. The maximum Gasteiger partial charge on any atom is 0.354 e. The molecule has 0 fully saturated rings. The molecule has 26 heavy (non-hydrogen) atoms. The largest absolute Gasteiger partial charge is 0.491 e. The topological polar surface area (TPSA) is 158 Å². The fourth-order valence-electron chi connectivity index (χ4n) is 2.68. The molecule has 0 saturated carbocycles. The molecular formula is C17H14N4O5. The van der Waals surface area contributed by atoms with Gasteiger partial charge in [0.1, 0.15) is 17.1 Å². The molecule has 0 radical (unpaired) electrons. The first-order chi connectivity index (χ1) is 12.3. The van der Waals surface area contributed by atoms with Gasteiger partial charge in [-0.1, -0.05) is 0 Å². The van der Waals surface area contributed by atoms with Crippen LogP contribution in [0.3, 0.4) is 0 Å². The Labute approximate surface area is 147 Å². The third kappa shape index (κ3) is 2.46. The van der Waals surface area contributed by atoms with E-state index < -0.39 is 17.5 Å². The molecule has 0 saturated heterocycles. The van der Waals surface area contributed by atoms with Crippen LogP contribution in [-0.4, -0.2) is 39.7 Å². The lowest BCUT2D eigenvalue weighted by Gasteiger charge is -2.17. The number of methoxy groups -OCH3 is 1. The molecule has 2 aromatic heterocycles. The Morgan fingerprint density at radius 1 is 1.12 bits per heavy atom. The monoisotopic (exact) mass is 354 g/mol. The van der Waals surface area contributed by atoms with Gasteiger partial charge >= 0.3 is 5.97 Å². The summed E-state index contributed by atoms with van der Waals surface area (Å²) in [6.07, 6.45) is 0. The summed E-state index contributed by atoms with van der Waals surface area (Å²) in [7, 11) is 1.22. The van der Waals surface area contributed by atoms with E-state index in [-0.39, 0.29) is 45.5 Å². The molecule has 1 aliphatic rings. The van der Waals surface area contributed by atoms with E-state index in [4.69, 9.17) is 16.2 Å². The Balaban J connectivity index is 2.20. The highest BCUT2D eigenvalue weighted by molar-refractivity contribution is 6.25. The van der Waals surface area contributed by atoms with Crippen LogP contribution in [0.25, 0.3) is 11.4 Å². The van der Waals surface area contributed by atoms with E-state index in [0.29, 0.717) is 5.56 Å². The van der Waals surface area contributed by atoms with Gasteiger partial charge in [0.05, 0.1) is 24.1 Å². The Bertz CT molecular complexity index is 1030. The Hall–Kier alpha value is -3.75. The van der Waals surface area contributed by atoms with Crippen LogP contribution in [0, 0.1) is 6.92 Å². The maximum absolute atomic E-state index is 12.5. The zero-order valence-electron chi connectivity index (χ0n) is 13.9. The predicted octanol–water partition coefficient (Wildman–Crippen LogP) is 0.928. The number of pyridine rings is 2. The number of Topliss-reactive ketones (excluding diaryl/α,β-unsaturated/α-hetero) is 2. The summed E-state index contributed by atoms with van der Waals surface area (Å²) in [4.78, 5) is 44.2. The van der Waals surface area contributed by atoms with Gasteiger partial charge in [0.2, 0.25) is 11.6 Å². The van der Waals surface area contributed by atoms with Crippen LogP contribution in [0.1, 0.15) is 36.9 Å². The average Bonchev–Trinajstić information content (AvgIpc) is 2.59. The number of aromatic nitrogens is 2. The van der Waals surface area contributed by atoms with Gasteiger partial charge in [-0.2, -0.15) is 0 Å². The number of carbonyl (C=O) groups excluding carboxylic acids is 2. The Morgan fingerprint density at radius 2 is 1.81 bits per heavy atom. The van der Waals surface area contributed by atoms with Crippen molar-refractivity contribution in [1.29, 1.82) is 0 Å². The summed E-state index contributed by atoms with van der Waals surface area (Å²) >= 11 is 0. The fourth-order valence-corrected chi connectivity index (χ4v) is 2.68. The van der Waals surface area contributed by atoms with Crippen LogP contribution in [0.5, 0.6) is 0 Å². The number of carbonyl (C=O) groups is 3. The third-order valence-electron chi connectivity index (χ3n) is 3.94. The SMILES string of the molecule is COC1=C(N)C(=O)c2ccc(-c3nc(C(=O)O)c(C)cc3N)nc2C1=O. The third-order valence-corrected chi connectivity index (χ3v) is 3.94. The first-order valence-corrected chi connectivity index (χ1v) is 7.41. The second kappa shape index (κ2) is 5.96. The summed E-state index contributed by atoms with van der Waals surface area (Å²) in [6.45, 7) is 1.57. The van der Waals surface area contributed by atoms with Crippen LogP contribution >= 0.6 is 0 Å². The highest BCUT2D eigenvalue weighted by Crippen LogP contribution is 2.29. The highest BCUT2D eigenvalue weighted by atomic mass is 16.5. The van der Waals surface area contributed by atoms with E-state index in [9.17, 15) is 19.5 Å². The van der Waals surface area contributed by atoms with Gasteiger partial charge in [0.15, 0.2) is 11.5 Å². The van der Waals surface area contributed by atoms with E-state index in [1.165, 1.54) is 25.3 Å². The maximum atomic E-state index is 12.5. The summed E-state index contributed by atoms with van der Waals surface area (Å²) in [5.74, 6) is -2.73. The summed E-state index contributed by atoms with van der Waals surface area (Å²) < 4.78 is 4.90. The van der Waals surface area contributed by atoms with Crippen LogP contribution in [0.2, 0.25) is 0 Å². The van der Waals surface area contributed by atoms with Crippen molar-refractivity contribution in [2.45, 2.75) is 6.92 Å². The van der Waals surface area contributed by atoms with Gasteiger partial charge in [-0.3, -0.25) is 9.59 Å². The van der Waals surface area contributed by atoms with E-state index in [1.807, 2.05) is 0 Å². The molecule has 1 aliphatic carbocycles. The van der Waals surface area contributed by atoms with Crippen molar-refractivity contribution in [1.82, 2.24) is 9.97 Å². The molecular weight excluding hydrogens is 340 g/mol. The lowest BCUT2D eigenvalue weighted by atomic mass is 9.95. The molecule has 9 nitrogen and oxygen atoms in total. The highest BCUT2D eigenvalue weighted by Gasteiger charge is 2.33. The summed E-state index contributed by atoms with van der Waals surface area (Å²) in [5.41, 5.74) is 11.8. The summed E-state index contributed by atoms with van der Waals surface area (Å²) in [6, 6.07) is 4.26. The number of carboxylic acids is 1. The van der Waals surface area contributed by atoms with Gasteiger partial charge in [0.25, 0.3) is 0 Å². The van der Waals surface area contributed by atoms with E-state index in [0.717, 1.165) is 0 Å². The van der Waals surface area contributed by atoms with Crippen LogP contribution in [-0.2, 0) is 4.74 Å². The van der Waals surface area contributed by atoms with Gasteiger partial charge < -0.3 is 21.3 Å². The fraction of sp³-hybridized carbons (Fsp3) is 0.118. The second-order valence-corrected chi connectivity index (χ2v) is 5.59. The molecule has 5 N–H and O–H groups in total. The van der Waals surface area contributed by atoms with Crippen molar-refractivity contribution in [3.05, 3.63) is 52.2 Å². The molecule has 132 valence electrons. The molecule has 0 unspecified atom stereocenters. The van der Waals surface area contributed by atoms with Crippen LogP contribution < -0.4 is 11.5 Å². The average molecular weight is 354 g/mol. The number of anilines is 1. The smallest absolute Gasteiger partial charge is 0.354 e. The van der Waals surface area contributed by atoms with Crippen molar-refractivity contribution in [3.8, 4) is 11.4 Å². The molecule has 0 atom stereocenters. The second-order valence-electron chi connectivity index (χ2n) is 5.59. The number of carboxylic acid groups (broad SMARTS) is 1. The number of aryl methyl sites for hydroxylation is 1. The number of aromatic carboxylic acids is 1. The number of nitrogen functional groups attached to an aromatic ring is 1. The number of hydrogen-bond acceptors (Lipinski definition) is 8. The van der Waals surface area contributed by atoms with Crippen molar-refractivity contribution in [2.75, 3.05) is 12.8 Å². The van der Waals surface area contributed by atoms with Gasteiger partial charge in [-0.25, -0.2) is 14.8 Å². The minimum atomic E-state index is -1.22. The number of nitrogens with two attached hydrogens (primary N) is 2. The van der Waals surface area contributed by atoms with E-state index >= 15 is 0 Å². The number of fused-ring (bicyclic) bond motifs is 1. The van der Waals surface area contributed by atoms with E-state index in [1.54, 1.807) is 6.92 Å².